The first-order chi connectivity index (χ1) is 4.86. The Morgan fingerprint density at radius 2 is 2.30 bits per heavy atom. The average molecular weight is 197 g/mol. The lowest BCUT2D eigenvalue weighted by Gasteiger charge is -1.97. The second-order valence-corrected chi connectivity index (χ2v) is 3.23. The monoisotopic (exact) mass is 196 g/mol. The van der Waals surface area contributed by atoms with Crippen LogP contribution in [0.2, 0.25) is 0 Å². The van der Waals surface area contributed by atoms with E-state index in [1.807, 2.05) is 0 Å². The molecule has 0 aromatic heterocycles. The van der Waals surface area contributed by atoms with E-state index in [2.05, 4.69) is 45.9 Å². The van der Waals surface area contributed by atoms with Crippen LogP contribution in [0, 0.1) is 6.42 Å². The Morgan fingerprint density at radius 3 is 3.20 bits per heavy atom. The summed E-state index contributed by atoms with van der Waals surface area (Å²) >= 11 is 3.41. The number of anilines is 1. The zero-order valence-corrected chi connectivity index (χ0v) is 6.98. The van der Waals surface area contributed by atoms with Gasteiger partial charge in [-0.15, -0.1) is 0 Å². The first-order valence-electron chi connectivity index (χ1n) is 3.23. The molecule has 0 fully saturated rings. The van der Waals surface area contributed by atoms with Gasteiger partial charge in [-0.25, -0.2) is 0 Å². The van der Waals surface area contributed by atoms with Gasteiger partial charge >= 0.3 is 0 Å². The van der Waals surface area contributed by atoms with Crippen LogP contribution in [0.25, 0.3) is 0 Å². The van der Waals surface area contributed by atoms with Crippen LogP contribution in [0.1, 0.15) is 5.56 Å². The minimum absolute atomic E-state index is 0.964. The zero-order chi connectivity index (χ0) is 6.97. The Labute approximate surface area is 68.6 Å². The van der Waals surface area contributed by atoms with Crippen LogP contribution in [-0.4, -0.2) is 6.54 Å². The standard InChI is InChI=1S/C8H7BrN/c9-7-2-1-6-3-4-10-8(6)5-7/h1-3,5,10H,4H2. The summed E-state index contributed by atoms with van der Waals surface area (Å²) in [7, 11) is 0. The number of halogens is 1. The number of fused-ring (bicyclic) bond motifs is 1. The molecule has 1 aliphatic heterocycles. The molecule has 0 aliphatic carbocycles. The SMILES string of the molecule is Brc1ccc2c(c1)NC[CH]2. The van der Waals surface area contributed by atoms with Crippen LogP contribution in [0.3, 0.4) is 0 Å². The second-order valence-electron chi connectivity index (χ2n) is 2.32. The highest BCUT2D eigenvalue weighted by Gasteiger charge is 2.08. The summed E-state index contributed by atoms with van der Waals surface area (Å²) in [5.41, 5.74) is 2.54. The van der Waals surface area contributed by atoms with Crippen LogP contribution in [0.15, 0.2) is 22.7 Å². The second kappa shape index (κ2) is 2.27. The molecule has 1 aromatic carbocycles. The molecule has 0 bridgehead atoms. The Morgan fingerprint density at radius 1 is 1.40 bits per heavy atom. The van der Waals surface area contributed by atoms with E-state index in [9.17, 15) is 0 Å². The molecule has 10 heavy (non-hydrogen) atoms. The maximum atomic E-state index is 3.41. The molecule has 0 saturated carbocycles. The number of benzene rings is 1. The van der Waals surface area contributed by atoms with Gasteiger partial charge in [0.05, 0.1) is 0 Å². The van der Waals surface area contributed by atoms with Gasteiger partial charge in [0.1, 0.15) is 0 Å². The minimum Gasteiger partial charge on any atom is -0.384 e. The third-order valence-electron chi connectivity index (χ3n) is 1.63. The molecule has 51 valence electrons. The molecule has 1 N–H and O–H groups in total. The molecule has 1 aliphatic rings. The molecule has 0 atom stereocenters. The van der Waals surface area contributed by atoms with Crippen LogP contribution in [0.4, 0.5) is 5.69 Å². The lowest BCUT2D eigenvalue weighted by atomic mass is 10.2. The van der Waals surface area contributed by atoms with Crippen molar-refractivity contribution in [3.8, 4) is 0 Å². The maximum absolute atomic E-state index is 3.41. The highest BCUT2D eigenvalue weighted by atomic mass is 79.9. The van der Waals surface area contributed by atoms with E-state index in [1.165, 1.54) is 11.3 Å². The summed E-state index contributed by atoms with van der Waals surface area (Å²) in [5, 5.41) is 3.26. The minimum atomic E-state index is 0.964. The lowest BCUT2D eigenvalue weighted by Crippen LogP contribution is -1.89. The molecule has 0 amide bonds. The van der Waals surface area contributed by atoms with Crippen molar-refractivity contribution >= 4 is 21.6 Å². The van der Waals surface area contributed by atoms with Crippen LogP contribution in [0.5, 0.6) is 0 Å². The zero-order valence-electron chi connectivity index (χ0n) is 5.39. The van der Waals surface area contributed by atoms with Crippen molar-refractivity contribution in [2.24, 2.45) is 0 Å². The van der Waals surface area contributed by atoms with E-state index in [0.717, 1.165) is 11.0 Å². The Balaban J connectivity index is 2.52. The van der Waals surface area contributed by atoms with E-state index < -0.39 is 0 Å². The van der Waals surface area contributed by atoms with Crippen molar-refractivity contribution < 1.29 is 0 Å². The summed E-state index contributed by atoms with van der Waals surface area (Å²) in [5.74, 6) is 0. The molecular formula is C8H7BrN. The Kier molecular flexibility index (Phi) is 1.42. The highest BCUT2D eigenvalue weighted by Crippen LogP contribution is 2.26. The molecule has 1 aromatic rings. The van der Waals surface area contributed by atoms with Gasteiger partial charge in [0, 0.05) is 23.1 Å². The van der Waals surface area contributed by atoms with Gasteiger partial charge in [0.25, 0.3) is 0 Å². The van der Waals surface area contributed by atoms with Crippen molar-refractivity contribution in [3.05, 3.63) is 34.7 Å². The molecular weight excluding hydrogens is 190 g/mol. The third-order valence-corrected chi connectivity index (χ3v) is 2.12. The summed E-state index contributed by atoms with van der Waals surface area (Å²) < 4.78 is 1.13. The maximum Gasteiger partial charge on any atom is 0.0388 e. The molecule has 1 heterocycles. The van der Waals surface area contributed by atoms with E-state index in [4.69, 9.17) is 0 Å². The Hall–Kier alpha value is -0.500. The number of hydrogen-bond donors (Lipinski definition) is 1. The number of hydrogen-bond acceptors (Lipinski definition) is 1. The lowest BCUT2D eigenvalue weighted by molar-refractivity contribution is 1.35. The van der Waals surface area contributed by atoms with Crippen LogP contribution < -0.4 is 5.32 Å². The summed E-state index contributed by atoms with van der Waals surface area (Å²) in [6.07, 6.45) is 2.18. The first-order valence-corrected chi connectivity index (χ1v) is 4.02. The molecule has 0 unspecified atom stereocenters. The quantitative estimate of drug-likeness (QED) is 0.673. The van der Waals surface area contributed by atoms with Gasteiger partial charge in [0.2, 0.25) is 0 Å². The van der Waals surface area contributed by atoms with Gasteiger partial charge in [-0.3, -0.25) is 0 Å². The van der Waals surface area contributed by atoms with Crippen molar-refractivity contribution in [1.29, 1.82) is 0 Å². The normalized spacial score (nSPS) is 14.5. The predicted octanol–water partition coefficient (Wildman–Crippen LogP) is 2.43. The van der Waals surface area contributed by atoms with Gasteiger partial charge in [0.15, 0.2) is 0 Å². The van der Waals surface area contributed by atoms with Gasteiger partial charge < -0.3 is 5.32 Å². The highest BCUT2D eigenvalue weighted by molar-refractivity contribution is 9.10. The van der Waals surface area contributed by atoms with Crippen LogP contribution in [-0.2, 0) is 0 Å². The summed E-state index contributed by atoms with van der Waals surface area (Å²) in [6, 6.07) is 6.26. The topological polar surface area (TPSA) is 12.0 Å². The predicted molar refractivity (Wildman–Crippen MR) is 46.0 cm³/mol. The van der Waals surface area contributed by atoms with Gasteiger partial charge in [-0.05, 0) is 17.7 Å². The van der Waals surface area contributed by atoms with E-state index >= 15 is 0 Å². The van der Waals surface area contributed by atoms with E-state index in [-0.39, 0.29) is 0 Å². The average Bonchev–Trinajstić information content (AvgIpc) is 2.33. The largest absolute Gasteiger partial charge is 0.384 e. The Bertz CT molecular complexity index is 257. The molecule has 1 nitrogen and oxygen atoms in total. The summed E-state index contributed by atoms with van der Waals surface area (Å²) in [4.78, 5) is 0. The molecule has 2 rings (SSSR count). The molecule has 0 spiro atoms. The fraction of sp³-hybridized carbons (Fsp3) is 0.125. The molecule has 1 radical (unpaired) electrons. The van der Waals surface area contributed by atoms with Crippen molar-refractivity contribution in [2.75, 3.05) is 11.9 Å². The fourth-order valence-electron chi connectivity index (χ4n) is 1.13. The van der Waals surface area contributed by atoms with Crippen molar-refractivity contribution in [1.82, 2.24) is 0 Å². The van der Waals surface area contributed by atoms with Crippen molar-refractivity contribution in [3.63, 3.8) is 0 Å². The van der Waals surface area contributed by atoms with Gasteiger partial charge in [-0.1, -0.05) is 22.0 Å². The smallest absolute Gasteiger partial charge is 0.0388 e. The fourth-order valence-corrected chi connectivity index (χ4v) is 1.49. The van der Waals surface area contributed by atoms with Crippen LogP contribution >= 0.6 is 15.9 Å². The first kappa shape index (κ1) is 6.23. The van der Waals surface area contributed by atoms with E-state index in [0.29, 0.717) is 0 Å². The number of nitrogens with one attached hydrogen (secondary N) is 1. The summed E-state index contributed by atoms with van der Waals surface area (Å²) in [6.45, 7) is 0.964. The third kappa shape index (κ3) is 0.926. The van der Waals surface area contributed by atoms with E-state index in [1.54, 1.807) is 0 Å². The van der Waals surface area contributed by atoms with Gasteiger partial charge in [-0.2, -0.15) is 0 Å². The molecule has 2 heteroatoms. The van der Waals surface area contributed by atoms with Crippen molar-refractivity contribution in [2.45, 2.75) is 0 Å². The number of rotatable bonds is 0. The molecule has 0 saturated heterocycles.